The third kappa shape index (κ3) is 3.56. The van der Waals surface area contributed by atoms with E-state index in [1.54, 1.807) is 0 Å². The number of nitrogens with zero attached hydrogens (tertiary/aromatic N) is 1. The van der Waals surface area contributed by atoms with Crippen LogP contribution in [-0.2, 0) is 0 Å². The van der Waals surface area contributed by atoms with Crippen LogP contribution in [0.3, 0.4) is 0 Å². The molecule has 0 aliphatic heterocycles. The molecule has 0 atom stereocenters. The number of halogens is 1. The Balaban J connectivity index is 2.73. The van der Waals surface area contributed by atoms with E-state index in [2.05, 4.69) is 30.6 Å². The van der Waals surface area contributed by atoms with Crippen LogP contribution in [0.15, 0.2) is 18.2 Å². The van der Waals surface area contributed by atoms with E-state index in [0.717, 1.165) is 35.8 Å². The van der Waals surface area contributed by atoms with Gasteiger partial charge in [-0.3, -0.25) is 4.90 Å². The van der Waals surface area contributed by atoms with E-state index in [1.165, 1.54) is 0 Å². The highest BCUT2D eigenvalue weighted by molar-refractivity contribution is 6.31. The lowest BCUT2D eigenvalue weighted by molar-refractivity contribution is 0.342. The Morgan fingerprint density at radius 3 is 2.56 bits per heavy atom. The van der Waals surface area contributed by atoms with Gasteiger partial charge in [-0.2, -0.15) is 0 Å². The minimum absolute atomic E-state index is 0.787. The van der Waals surface area contributed by atoms with Crippen molar-refractivity contribution in [1.29, 1.82) is 0 Å². The van der Waals surface area contributed by atoms with Gasteiger partial charge in [-0.05, 0) is 37.7 Å². The van der Waals surface area contributed by atoms with Gasteiger partial charge in [0.15, 0.2) is 0 Å². The maximum absolute atomic E-state index is 6.03. The molecule has 0 saturated heterocycles. The summed E-state index contributed by atoms with van der Waals surface area (Å²) in [7, 11) is 0. The number of hydrogen-bond acceptors (Lipinski definition) is 1. The van der Waals surface area contributed by atoms with E-state index in [9.17, 15) is 0 Å². The van der Waals surface area contributed by atoms with Gasteiger partial charge in [-0.1, -0.05) is 43.4 Å². The molecule has 0 aliphatic rings. The summed E-state index contributed by atoms with van der Waals surface area (Å²) in [5.41, 5.74) is 2.09. The van der Waals surface area contributed by atoms with E-state index in [-0.39, 0.29) is 0 Å². The van der Waals surface area contributed by atoms with Crippen LogP contribution in [0.1, 0.15) is 25.0 Å². The second-order valence-corrected chi connectivity index (χ2v) is 4.08. The molecule has 1 nitrogen and oxygen atoms in total. The Kier molecular flexibility index (Phi) is 5.38. The molecule has 0 amide bonds. The third-order valence-electron chi connectivity index (χ3n) is 2.69. The van der Waals surface area contributed by atoms with Gasteiger partial charge in [0.05, 0.1) is 6.54 Å². The molecule has 0 aromatic heterocycles. The molecule has 1 aromatic rings. The standard InChI is InChI=1S/C14H18ClN/c1-4-16(5-2)11-7-9-13-8-6-10-14(15)12(13)3/h6,8,10H,4-5,11H2,1-3H3. The van der Waals surface area contributed by atoms with E-state index in [1.807, 2.05) is 25.1 Å². The van der Waals surface area contributed by atoms with Crippen molar-refractivity contribution in [3.05, 3.63) is 34.3 Å². The molecule has 0 spiro atoms. The summed E-state index contributed by atoms with van der Waals surface area (Å²) >= 11 is 6.03. The van der Waals surface area contributed by atoms with E-state index < -0.39 is 0 Å². The first-order chi connectivity index (χ1) is 7.69. The summed E-state index contributed by atoms with van der Waals surface area (Å²) in [5.74, 6) is 6.37. The summed E-state index contributed by atoms with van der Waals surface area (Å²) in [5, 5.41) is 0.787. The molecule has 0 fully saturated rings. The van der Waals surface area contributed by atoms with Gasteiger partial charge in [-0.15, -0.1) is 0 Å². The van der Waals surface area contributed by atoms with Crippen molar-refractivity contribution in [3.63, 3.8) is 0 Å². The van der Waals surface area contributed by atoms with Gasteiger partial charge in [0.1, 0.15) is 0 Å². The zero-order valence-corrected chi connectivity index (χ0v) is 10.9. The summed E-state index contributed by atoms with van der Waals surface area (Å²) in [6, 6.07) is 5.85. The smallest absolute Gasteiger partial charge is 0.0605 e. The molecule has 0 N–H and O–H groups in total. The number of hydrogen-bond donors (Lipinski definition) is 0. The first kappa shape index (κ1) is 13.1. The fourth-order valence-corrected chi connectivity index (χ4v) is 1.61. The second kappa shape index (κ2) is 6.58. The quantitative estimate of drug-likeness (QED) is 0.727. The van der Waals surface area contributed by atoms with Crippen LogP contribution >= 0.6 is 11.6 Å². The van der Waals surface area contributed by atoms with Crippen LogP contribution in [0.5, 0.6) is 0 Å². The lowest BCUT2D eigenvalue weighted by atomic mass is 10.1. The number of rotatable bonds is 3. The minimum Gasteiger partial charge on any atom is -0.293 e. The predicted octanol–water partition coefficient (Wildman–Crippen LogP) is 3.34. The third-order valence-corrected chi connectivity index (χ3v) is 3.10. The van der Waals surface area contributed by atoms with Crippen LogP contribution in [0.4, 0.5) is 0 Å². The van der Waals surface area contributed by atoms with Gasteiger partial charge in [-0.25, -0.2) is 0 Å². The lowest BCUT2D eigenvalue weighted by Gasteiger charge is -2.13. The minimum atomic E-state index is 0.787. The van der Waals surface area contributed by atoms with E-state index in [0.29, 0.717) is 0 Å². The molecule has 0 unspecified atom stereocenters. The van der Waals surface area contributed by atoms with Crippen molar-refractivity contribution in [3.8, 4) is 11.8 Å². The van der Waals surface area contributed by atoms with Crippen molar-refractivity contribution in [2.45, 2.75) is 20.8 Å². The molecular formula is C14H18ClN. The molecular weight excluding hydrogens is 218 g/mol. The summed E-state index contributed by atoms with van der Waals surface area (Å²) in [6.45, 7) is 9.20. The predicted molar refractivity (Wildman–Crippen MR) is 70.9 cm³/mol. The molecule has 0 aliphatic carbocycles. The van der Waals surface area contributed by atoms with Gasteiger partial charge < -0.3 is 0 Å². The van der Waals surface area contributed by atoms with Crippen molar-refractivity contribution < 1.29 is 0 Å². The first-order valence-electron chi connectivity index (χ1n) is 5.65. The zero-order chi connectivity index (χ0) is 12.0. The normalized spacial score (nSPS) is 10.1. The fourth-order valence-electron chi connectivity index (χ4n) is 1.44. The highest BCUT2D eigenvalue weighted by Crippen LogP contribution is 2.17. The van der Waals surface area contributed by atoms with E-state index in [4.69, 9.17) is 11.6 Å². The molecule has 0 radical (unpaired) electrons. The Labute approximate surface area is 103 Å². The monoisotopic (exact) mass is 235 g/mol. The van der Waals surface area contributed by atoms with Crippen LogP contribution < -0.4 is 0 Å². The largest absolute Gasteiger partial charge is 0.293 e. The molecule has 0 heterocycles. The zero-order valence-electron chi connectivity index (χ0n) is 10.2. The van der Waals surface area contributed by atoms with E-state index >= 15 is 0 Å². The average Bonchev–Trinajstić information content (AvgIpc) is 2.30. The highest BCUT2D eigenvalue weighted by atomic mass is 35.5. The maximum Gasteiger partial charge on any atom is 0.0605 e. The van der Waals surface area contributed by atoms with Crippen molar-refractivity contribution in [2.75, 3.05) is 19.6 Å². The van der Waals surface area contributed by atoms with Gasteiger partial charge in [0.25, 0.3) is 0 Å². The molecule has 0 bridgehead atoms. The maximum atomic E-state index is 6.03. The second-order valence-electron chi connectivity index (χ2n) is 3.68. The molecule has 86 valence electrons. The highest BCUT2D eigenvalue weighted by Gasteiger charge is 1.98. The summed E-state index contributed by atoms with van der Waals surface area (Å²) < 4.78 is 0. The lowest BCUT2D eigenvalue weighted by Crippen LogP contribution is -2.22. The van der Waals surface area contributed by atoms with Crippen molar-refractivity contribution in [1.82, 2.24) is 4.90 Å². The molecule has 0 saturated carbocycles. The Morgan fingerprint density at radius 2 is 1.94 bits per heavy atom. The van der Waals surface area contributed by atoms with Crippen molar-refractivity contribution >= 4 is 11.6 Å². The Hall–Kier alpha value is -0.970. The van der Waals surface area contributed by atoms with Gasteiger partial charge in [0.2, 0.25) is 0 Å². The Morgan fingerprint density at radius 1 is 1.25 bits per heavy atom. The van der Waals surface area contributed by atoms with Gasteiger partial charge in [0, 0.05) is 10.6 Å². The summed E-state index contributed by atoms with van der Waals surface area (Å²) in [4.78, 5) is 2.28. The molecule has 1 rings (SSSR count). The fraction of sp³-hybridized carbons (Fsp3) is 0.429. The van der Waals surface area contributed by atoms with Crippen LogP contribution in [0.25, 0.3) is 0 Å². The van der Waals surface area contributed by atoms with Crippen LogP contribution in [0, 0.1) is 18.8 Å². The Bertz CT molecular complexity index is 397. The SMILES string of the molecule is CCN(CC)CC#Cc1cccc(Cl)c1C. The molecule has 1 aromatic carbocycles. The average molecular weight is 236 g/mol. The van der Waals surface area contributed by atoms with Crippen LogP contribution in [-0.4, -0.2) is 24.5 Å². The van der Waals surface area contributed by atoms with Gasteiger partial charge >= 0.3 is 0 Å². The number of benzene rings is 1. The first-order valence-corrected chi connectivity index (χ1v) is 6.03. The van der Waals surface area contributed by atoms with Crippen molar-refractivity contribution in [2.24, 2.45) is 0 Å². The summed E-state index contributed by atoms with van der Waals surface area (Å²) in [6.07, 6.45) is 0. The molecule has 16 heavy (non-hydrogen) atoms. The molecule has 2 heteroatoms. The van der Waals surface area contributed by atoms with Crippen LogP contribution in [0.2, 0.25) is 5.02 Å². The topological polar surface area (TPSA) is 3.24 Å².